The molecule has 0 aliphatic heterocycles. The summed E-state index contributed by atoms with van der Waals surface area (Å²) in [5, 5.41) is 0. The zero-order chi connectivity index (χ0) is 18.8. The first-order valence-corrected chi connectivity index (χ1v) is 8.47. The van der Waals surface area contributed by atoms with Crippen LogP contribution in [0, 0.1) is 0 Å². The van der Waals surface area contributed by atoms with Gasteiger partial charge in [0.05, 0.1) is 11.1 Å². The Hall–Kier alpha value is -2.42. The minimum Gasteiger partial charge on any atom is -0.386 e. The van der Waals surface area contributed by atoms with Crippen LogP contribution in [0.2, 0.25) is 0 Å². The number of hydrogen-bond acceptors (Lipinski definition) is 3. The summed E-state index contributed by atoms with van der Waals surface area (Å²) in [6.07, 6.45) is 0. The van der Waals surface area contributed by atoms with E-state index >= 15 is 0 Å². The number of ether oxygens (including phenoxy) is 1. The lowest BCUT2D eigenvalue weighted by atomic mass is 9.78. The molecule has 0 heterocycles. The summed E-state index contributed by atoms with van der Waals surface area (Å²) in [5.41, 5.74) is 2.55. The first-order chi connectivity index (χ1) is 11.5. The molecule has 2 aromatic rings. The molecule has 0 N–H and O–H groups in total. The van der Waals surface area contributed by atoms with Crippen molar-refractivity contribution in [1.29, 1.82) is 0 Å². The van der Waals surface area contributed by atoms with Gasteiger partial charge in [-0.25, -0.2) is 9.59 Å². The van der Waals surface area contributed by atoms with Crippen LogP contribution >= 0.6 is 0 Å². The van der Waals surface area contributed by atoms with Gasteiger partial charge in [-0.05, 0) is 40.2 Å². The lowest BCUT2D eigenvalue weighted by Gasteiger charge is -2.26. The van der Waals surface area contributed by atoms with Crippen LogP contribution in [-0.4, -0.2) is 11.9 Å². The maximum absolute atomic E-state index is 12.6. The van der Waals surface area contributed by atoms with Crippen molar-refractivity contribution in [2.24, 2.45) is 0 Å². The molecule has 0 atom stereocenters. The predicted molar refractivity (Wildman–Crippen MR) is 100 cm³/mol. The molecular formula is C22H26O3. The second-order valence-electron chi connectivity index (χ2n) is 8.30. The molecule has 0 aromatic heterocycles. The average Bonchev–Trinajstić information content (AvgIpc) is 2.53. The number of rotatable bonds is 2. The summed E-state index contributed by atoms with van der Waals surface area (Å²) in [5.74, 6) is -1.25. The molecule has 0 aliphatic rings. The van der Waals surface area contributed by atoms with Crippen LogP contribution in [0.25, 0.3) is 0 Å². The van der Waals surface area contributed by atoms with Crippen molar-refractivity contribution >= 4 is 11.9 Å². The minimum atomic E-state index is -0.634. The highest BCUT2D eigenvalue weighted by atomic mass is 16.6. The van der Waals surface area contributed by atoms with Gasteiger partial charge in [-0.1, -0.05) is 71.9 Å². The van der Waals surface area contributed by atoms with Crippen molar-refractivity contribution in [1.82, 2.24) is 0 Å². The number of carbonyl (C=O) groups is 2. The molecule has 0 fully saturated rings. The largest absolute Gasteiger partial charge is 0.386 e. The van der Waals surface area contributed by atoms with Gasteiger partial charge in [-0.3, -0.25) is 0 Å². The molecule has 2 aromatic carbocycles. The van der Waals surface area contributed by atoms with Gasteiger partial charge in [-0.15, -0.1) is 0 Å². The van der Waals surface area contributed by atoms with Crippen LogP contribution in [0.1, 0.15) is 73.4 Å². The third-order valence-electron chi connectivity index (χ3n) is 4.11. The van der Waals surface area contributed by atoms with E-state index in [0.29, 0.717) is 11.1 Å². The second kappa shape index (κ2) is 6.83. The van der Waals surface area contributed by atoms with Crippen LogP contribution in [-0.2, 0) is 15.6 Å². The highest BCUT2D eigenvalue weighted by Gasteiger charge is 2.26. The summed E-state index contributed by atoms with van der Waals surface area (Å²) in [6.45, 7) is 12.5. The molecule has 3 heteroatoms. The molecule has 0 saturated carbocycles. The third kappa shape index (κ3) is 4.56. The summed E-state index contributed by atoms with van der Waals surface area (Å²) in [4.78, 5) is 24.8. The predicted octanol–water partition coefficient (Wildman–Crippen LogP) is 5.28. The smallest absolute Gasteiger partial charge is 0.346 e. The van der Waals surface area contributed by atoms with Crippen molar-refractivity contribution in [3.63, 3.8) is 0 Å². The van der Waals surface area contributed by atoms with Crippen molar-refractivity contribution in [3.8, 4) is 0 Å². The quantitative estimate of drug-likeness (QED) is 0.553. The Labute approximate surface area is 150 Å². The van der Waals surface area contributed by atoms with E-state index in [1.807, 2.05) is 39.0 Å². The fourth-order valence-electron chi connectivity index (χ4n) is 2.58. The Morgan fingerprint density at radius 1 is 0.760 bits per heavy atom. The van der Waals surface area contributed by atoms with Crippen LogP contribution in [0.4, 0.5) is 0 Å². The highest BCUT2D eigenvalue weighted by Crippen LogP contribution is 2.32. The second-order valence-corrected chi connectivity index (χ2v) is 8.30. The fourth-order valence-corrected chi connectivity index (χ4v) is 2.58. The van der Waals surface area contributed by atoms with Crippen molar-refractivity contribution in [2.45, 2.75) is 52.4 Å². The van der Waals surface area contributed by atoms with Crippen LogP contribution in [0.3, 0.4) is 0 Å². The molecule has 2 rings (SSSR count). The molecule has 0 amide bonds. The third-order valence-corrected chi connectivity index (χ3v) is 4.11. The van der Waals surface area contributed by atoms with E-state index in [1.54, 1.807) is 30.3 Å². The first-order valence-electron chi connectivity index (χ1n) is 8.47. The summed E-state index contributed by atoms with van der Waals surface area (Å²) >= 11 is 0. The zero-order valence-corrected chi connectivity index (χ0v) is 15.8. The molecule has 0 saturated heterocycles. The normalized spacial score (nSPS) is 11.9. The monoisotopic (exact) mass is 338 g/mol. The topological polar surface area (TPSA) is 43.4 Å². The van der Waals surface area contributed by atoms with Crippen LogP contribution < -0.4 is 0 Å². The summed E-state index contributed by atoms with van der Waals surface area (Å²) < 4.78 is 5.11. The summed E-state index contributed by atoms with van der Waals surface area (Å²) in [6, 6.07) is 14.3. The van der Waals surface area contributed by atoms with E-state index in [0.717, 1.165) is 11.1 Å². The van der Waals surface area contributed by atoms with E-state index < -0.39 is 11.9 Å². The minimum absolute atomic E-state index is 0.0255. The van der Waals surface area contributed by atoms with Crippen molar-refractivity contribution < 1.29 is 14.3 Å². The Kier molecular flexibility index (Phi) is 5.17. The Morgan fingerprint density at radius 3 is 1.88 bits per heavy atom. The molecular weight excluding hydrogens is 312 g/mol. The van der Waals surface area contributed by atoms with Crippen molar-refractivity contribution in [3.05, 3.63) is 70.8 Å². The van der Waals surface area contributed by atoms with Gasteiger partial charge < -0.3 is 4.74 Å². The number of esters is 2. The molecule has 0 radical (unpaired) electrons. The van der Waals surface area contributed by atoms with Crippen molar-refractivity contribution in [2.75, 3.05) is 0 Å². The zero-order valence-electron chi connectivity index (χ0n) is 15.8. The number of benzene rings is 2. The van der Waals surface area contributed by atoms with Crippen LogP contribution in [0.5, 0.6) is 0 Å². The lowest BCUT2D eigenvalue weighted by molar-refractivity contribution is 0.0396. The number of carbonyl (C=O) groups excluding carboxylic acids is 2. The van der Waals surface area contributed by atoms with Gasteiger partial charge >= 0.3 is 11.9 Å². The average molecular weight is 338 g/mol. The lowest BCUT2D eigenvalue weighted by Crippen LogP contribution is -2.22. The van der Waals surface area contributed by atoms with Gasteiger partial charge in [0, 0.05) is 0 Å². The van der Waals surface area contributed by atoms with E-state index in [9.17, 15) is 9.59 Å². The summed E-state index contributed by atoms with van der Waals surface area (Å²) in [7, 11) is 0. The standard InChI is InChI=1S/C22H26O3/c1-21(2,3)16-12-13-17(18(14-16)22(4,5)6)20(24)25-19(23)15-10-8-7-9-11-15/h7-14H,1-6H3. The SMILES string of the molecule is CC(C)(C)c1ccc(C(=O)OC(=O)c2ccccc2)c(C(C)(C)C)c1. The molecule has 0 spiro atoms. The fraction of sp³-hybridized carbons (Fsp3) is 0.364. The molecule has 25 heavy (non-hydrogen) atoms. The maximum Gasteiger partial charge on any atom is 0.346 e. The van der Waals surface area contributed by atoms with E-state index in [4.69, 9.17) is 4.74 Å². The van der Waals surface area contributed by atoms with E-state index in [2.05, 4.69) is 20.8 Å². The highest BCUT2D eigenvalue weighted by molar-refractivity contribution is 6.03. The van der Waals surface area contributed by atoms with Gasteiger partial charge in [0.15, 0.2) is 0 Å². The Morgan fingerprint density at radius 2 is 1.36 bits per heavy atom. The molecule has 132 valence electrons. The first kappa shape index (κ1) is 18.9. The Balaban J connectivity index is 2.37. The van der Waals surface area contributed by atoms with Gasteiger partial charge in [0.25, 0.3) is 0 Å². The van der Waals surface area contributed by atoms with Gasteiger partial charge in [0.2, 0.25) is 0 Å². The van der Waals surface area contributed by atoms with Gasteiger partial charge in [-0.2, -0.15) is 0 Å². The maximum atomic E-state index is 12.6. The van der Waals surface area contributed by atoms with E-state index in [-0.39, 0.29) is 10.8 Å². The number of hydrogen-bond donors (Lipinski definition) is 0. The molecule has 0 bridgehead atoms. The molecule has 3 nitrogen and oxygen atoms in total. The Bertz CT molecular complexity index is 775. The molecule has 0 unspecified atom stereocenters. The van der Waals surface area contributed by atoms with E-state index in [1.165, 1.54) is 0 Å². The van der Waals surface area contributed by atoms with Crippen LogP contribution in [0.15, 0.2) is 48.5 Å². The molecule has 0 aliphatic carbocycles. The van der Waals surface area contributed by atoms with Gasteiger partial charge in [0.1, 0.15) is 0 Å².